The molecule has 2 atom stereocenters. The largest absolute Gasteiger partial charge is 0.352 e. The highest BCUT2D eigenvalue weighted by molar-refractivity contribution is 6.35. The average Bonchev–Trinajstić information content (AvgIpc) is 2.71. The van der Waals surface area contributed by atoms with Gasteiger partial charge in [0.1, 0.15) is 6.04 Å². The third-order valence-electron chi connectivity index (χ3n) is 5.67. The summed E-state index contributed by atoms with van der Waals surface area (Å²) in [6.45, 7) is 10.2. The van der Waals surface area contributed by atoms with Gasteiger partial charge >= 0.3 is 0 Å². The quantitative estimate of drug-likeness (QED) is 0.505. The molecule has 0 aromatic heterocycles. The van der Waals surface area contributed by atoms with Crippen molar-refractivity contribution >= 4 is 35.0 Å². The van der Waals surface area contributed by atoms with Crippen molar-refractivity contribution in [3.05, 3.63) is 68.7 Å². The second kappa shape index (κ2) is 11.5. The van der Waals surface area contributed by atoms with Crippen molar-refractivity contribution in [2.24, 2.45) is 0 Å². The van der Waals surface area contributed by atoms with Crippen molar-refractivity contribution in [3.8, 4) is 0 Å². The maximum absolute atomic E-state index is 13.4. The standard InChI is InChI=1S/C25H32Cl2N2O2/c1-6-18(5)28-25(31)23(7-2)29(15-20-10-11-21(26)14-22(20)27)24(30)13-19-9-8-16(3)17(4)12-19/h8-12,14,18,23H,6-7,13,15H2,1-5H3,(H,28,31)/t18-,23+/m1/s1. The van der Waals surface area contributed by atoms with E-state index >= 15 is 0 Å². The highest BCUT2D eigenvalue weighted by atomic mass is 35.5. The van der Waals surface area contributed by atoms with Crippen LogP contribution in [-0.4, -0.2) is 28.8 Å². The molecule has 0 radical (unpaired) electrons. The molecule has 0 saturated heterocycles. The van der Waals surface area contributed by atoms with E-state index in [1.807, 2.05) is 52.8 Å². The van der Waals surface area contributed by atoms with E-state index in [0.29, 0.717) is 16.5 Å². The van der Waals surface area contributed by atoms with E-state index in [1.54, 1.807) is 23.1 Å². The number of halogens is 2. The molecule has 0 heterocycles. The second-order valence-corrected chi connectivity index (χ2v) is 8.94. The smallest absolute Gasteiger partial charge is 0.243 e. The molecule has 2 rings (SSSR count). The molecular formula is C25H32Cl2N2O2. The Bertz CT molecular complexity index is 930. The van der Waals surface area contributed by atoms with Crippen molar-refractivity contribution < 1.29 is 9.59 Å². The molecular weight excluding hydrogens is 431 g/mol. The van der Waals surface area contributed by atoms with Crippen LogP contribution >= 0.6 is 23.2 Å². The van der Waals surface area contributed by atoms with Gasteiger partial charge in [0.25, 0.3) is 0 Å². The van der Waals surface area contributed by atoms with Crippen LogP contribution in [0.3, 0.4) is 0 Å². The highest BCUT2D eigenvalue weighted by Gasteiger charge is 2.29. The van der Waals surface area contributed by atoms with Crippen LogP contribution in [0.15, 0.2) is 36.4 Å². The summed E-state index contributed by atoms with van der Waals surface area (Å²) in [6, 6.07) is 10.7. The van der Waals surface area contributed by atoms with Crippen molar-refractivity contribution in [3.63, 3.8) is 0 Å². The van der Waals surface area contributed by atoms with Crippen molar-refractivity contribution in [1.29, 1.82) is 0 Å². The average molecular weight is 463 g/mol. The van der Waals surface area contributed by atoms with E-state index in [2.05, 4.69) is 5.32 Å². The molecule has 4 nitrogen and oxygen atoms in total. The SMILES string of the molecule is CC[C@@H](C)NC(=O)[C@H](CC)N(Cc1ccc(Cl)cc1Cl)C(=O)Cc1ccc(C)c(C)c1. The van der Waals surface area contributed by atoms with Gasteiger partial charge in [0, 0.05) is 22.6 Å². The lowest BCUT2D eigenvalue weighted by atomic mass is 10.0. The minimum Gasteiger partial charge on any atom is -0.352 e. The number of aryl methyl sites for hydroxylation is 2. The van der Waals surface area contributed by atoms with Crippen LogP contribution in [0.5, 0.6) is 0 Å². The van der Waals surface area contributed by atoms with E-state index in [9.17, 15) is 9.59 Å². The van der Waals surface area contributed by atoms with Crippen LogP contribution in [-0.2, 0) is 22.6 Å². The highest BCUT2D eigenvalue weighted by Crippen LogP contribution is 2.24. The van der Waals surface area contributed by atoms with Crippen LogP contribution in [0.2, 0.25) is 10.0 Å². The van der Waals surface area contributed by atoms with E-state index in [4.69, 9.17) is 23.2 Å². The van der Waals surface area contributed by atoms with Crippen LogP contribution < -0.4 is 5.32 Å². The van der Waals surface area contributed by atoms with Gasteiger partial charge in [0.2, 0.25) is 11.8 Å². The molecule has 2 amide bonds. The summed E-state index contributed by atoms with van der Waals surface area (Å²) >= 11 is 12.4. The van der Waals surface area contributed by atoms with Gasteiger partial charge < -0.3 is 10.2 Å². The molecule has 0 aliphatic heterocycles. The molecule has 0 fully saturated rings. The molecule has 0 unspecified atom stereocenters. The number of benzene rings is 2. The molecule has 168 valence electrons. The fourth-order valence-corrected chi connectivity index (χ4v) is 3.85. The first-order valence-electron chi connectivity index (χ1n) is 10.8. The third kappa shape index (κ3) is 6.98. The molecule has 0 aliphatic carbocycles. The summed E-state index contributed by atoms with van der Waals surface area (Å²) in [5, 5.41) is 4.03. The van der Waals surface area contributed by atoms with Gasteiger partial charge in [-0.1, -0.05) is 61.3 Å². The first-order valence-corrected chi connectivity index (χ1v) is 11.5. The van der Waals surface area contributed by atoms with Gasteiger partial charge in [-0.2, -0.15) is 0 Å². The number of amides is 2. The number of nitrogens with zero attached hydrogens (tertiary/aromatic N) is 1. The minimum atomic E-state index is -0.584. The predicted molar refractivity (Wildman–Crippen MR) is 129 cm³/mol. The Hall–Kier alpha value is -2.04. The Labute approximate surface area is 195 Å². The molecule has 0 bridgehead atoms. The number of nitrogens with one attached hydrogen (secondary N) is 1. The van der Waals surface area contributed by atoms with E-state index < -0.39 is 6.04 Å². The van der Waals surface area contributed by atoms with Gasteiger partial charge in [0.05, 0.1) is 6.42 Å². The normalized spacial score (nSPS) is 12.9. The van der Waals surface area contributed by atoms with Crippen molar-refractivity contribution in [2.75, 3.05) is 0 Å². The third-order valence-corrected chi connectivity index (χ3v) is 6.26. The van der Waals surface area contributed by atoms with Crippen molar-refractivity contribution in [2.45, 2.75) is 72.5 Å². The monoisotopic (exact) mass is 462 g/mol. The first kappa shape index (κ1) is 25.2. The lowest BCUT2D eigenvalue weighted by Gasteiger charge is -2.32. The zero-order valence-corrected chi connectivity index (χ0v) is 20.5. The fourth-order valence-electron chi connectivity index (χ4n) is 3.38. The van der Waals surface area contributed by atoms with Gasteiger partial charge in [0.15, 0.2) is 0 Å². The maximum atomic E-state index is 13.4. The number of carbonyl (C=O) groups excluding carboxylic acids is 2. The lowest BCUT2D eigenvalue weighted by molar-refractivity contribution is -0.141. The van der Waals surface area contributed by atoms with Crippen LogP contribution in [0.1, 0.15) is 55.9 Å². The minimum absolute atomic E-state index is 0.0392. The Morgan fingerprint density at radius 2 is 1.71 bits per heavy atom. The Kier molecular flexibility index (Phi) is 9.39. The number of hydrogen-bond donors (Lipinski definition) is 1. The predicted octanol–water partition coefficient (Wildman–Crippen LogP) is 5.87. The Morgan fingerprint density at radius 3 is 2.29 bits per heavy atom. The molecule has 31 heavy (non-hydrogen) atoms. The molecule has 2 aromatic carbocycles. The zero-order valence-electron chi connectivity index (χ0n) is 19.0. The molecule has 6 heteroatoms. The number of hydrogen-bond acceptors (Lipinski definition) is 2. The van der Waals surface area contributed by atoms with E-state index in [0.717, 1.165) is 23.1 Å². The second-order valence-electron chi connectivity index (χ2n) is 8.09. The molecule has 1 N–H and O–H groups in total. The lowest BCUT2D eigenvalue weighted by Crippen LogP contribution is -2.51. The van der Waals surface area contributed by atoms with Crippen LogP contribution in [0.4, 0.5) is 0 Å². The summed E-state index contributed by atoms with van der Waals surface area (Å²) in [7, 11) is 0. The molecule has 0 saturated carbocycles. The van der Waals surface area contributed by atoms with Crippen LogP contribution in [0, 0.1) is 13.8 Å². The topological polar surface area (TPSA) is 49.4 Å². The van der Waals surface area contributed by atoms with Gasteiger partial charge in [-0.15, -0.1) is 0 Å². The summed E-state index contributed by atoms with van der Waals surface area (Å²) in [6.07, 6.45) is 1.55. The summed E-state index contributed by atoms with van der Waals surface area (Å²) < 4.78 is 0. The van der Waals surface area contributed by atoms with Gasteiger partial charge in [-0.3, -0.25) is 9.59 Å². The van der Waals surface area contributed by atoms with Gasteiger partial charge in [-0.05, 0) is 68.0 Å². The van der Waals surface area contributed by atoms with Gasteiger partial charge in [-0.25, -0.2) is 0 Å². The van der Waals surface area contributed by atoms with Crippen LogP contribution in [0.25, 0.3) is 0 Å². The van der Waals surface area contributed by atoms with E-state index in [1.165, 1.54) is 5.56 Å². The Morgan fingerprint density at radius 1 is 1.00 bits per heavy atom. The molecule has 0 aliphatic rings. The Balaban J connectivity index is 2.35. The summed E-state index contributed by atoms with van der Waals surface area (Å²) in [5.74, 6) is -0.254. The number of carbonyl (C=O) groups is 2. The van der Waals surface area contributed by atoms with E-state index in [-0.39, 0.29) is 30.8 Å². The first-order chi connectivity index (χ1) is 14.7. The van der Waals surface area contributed by atoms with Crippen molar-refractivity contribution in [1.82, 2.24) is 10.2 Å². The molecule has 0 spiro atoms. The summed E-state index contributed by atoms with van der Waals surface area (Å²) in [4.78, 5) is 28.1. The summed E-state index contributed by atoms with van der Waals surface area (Å²) in [5.41, 5.74) is 4.01. The number of rotatable bonds is 9. The fraction of sp³-hybridized carbons (Fsp3) is 0.440. The zero-order chi connectivity index (χ0) is 23.1. The maximum Gasteiger partial charge on any atom is 0.243 e. The molecule has 2 aromatic rings.